The molecule has 3 N–H and O–H groups in total. The highest BCUT2D eigenvalue weighted by atomic mass is 32.2. The van der Waals surface area contributed by atoms with Gasteiger partial charge >= 0.3 is 0 Å². The number of hydrogen-bond acceptors (Lipinski definition) is 3. The van der Waals surface area contributed by atoms with Gasteiger partial charge < -0.3 is 5.11 Å². The van der Waals surface area contributed by atoms with E-state index in [4.69, 9.17) is 5.14 Å². The summed E-state index contributed by atoms with van der Waals surface area (Å²) in [4.78, 5) is 14.4. The molecule has 0 spiro atoms. The van der Waals surface area contributed by atoms with Crippen molar-refractivity contribution in [3.8, 4) is 10.4 Å². The molecule has 6 heteroatoms. The van der Waals surface area contributed by atoms with Crippen LogP contribution in [0.25, 0.3) is 10.4 Å². The van der Waals surface area contributed by atoms with Gasteiger partial charge in [-0.1, -0.05) is 95.8 Å². The van der Waals surface area contributed by atoms with Crippen LogP contribution in [0.1, 0.15) is 113 Å². The van der Waals surface area contributed by atoms with Gasteiger partial charge in [0.2, 0.25) is 0 Å². The van der Waals surface area contributed by atoms with Gasteiger partial charge in [-0.2, -0.15) is 4.36 Å². The monoisotopic (exact) mass is 578 g/mol. The number of aliphatic hydroxyl groups is 1. The maximum Gasteiger partial charge on any atom is 0.257 e. The first-order valence-corrected chi connectivity index (χ1v) is 16.8. The smallest absolute Gasteiger partial charge is 0.257 e. The third-order valence-electron chi connectivity index (χ3n) is 8.08. The molecule has 1 unspecified atom stereocenters. The topological polar surface area (TPSA) is 75.7 Å². The van der Waals surface area contributed by atoms with E-state index in [-0.39, 0.29) is 12.3 Å². The summed E-state index contributed by atoms with van der Waals surface area (Å²) in [5, 5.41) is 17.4. The number of carbonyl (C=O) groups is 1. The van der Waals surface area contributed by atoms with E-state index in [2.05, 4.69) is 44.2 Å². The van der Waals surface area contributed by atoms with E-state index in [1.165, 1.54) is 60.1 Å². The fourth-order valence-corrected chi connectivity index (χ4v) is 8.27. The lowest BCUT2D eigenvalue weighted by Crippen LogP contribution is -2.15. The number of hydrogen-bond donors (Lipinski definition) is 2. The molecule has 0 aliphatic heterocycles. The molecule has 3 aromatic rings. The van der Waals surface area contributed by atoms with Crippen molar-refractivity contribution in [2.75, 3.05) is 0 Å². The largest absolute Gasteiger partial charge is 0.386 e. The fourth-order valence-electron chi connectivity index (χ4n) is 5.90. The second kappa shape index (κ2) is 13.2. The second-order valence-corrected chi connectivity index (χ2v) is 15.0. The van der Waals surface area contributed by atoms with Crippen molar-refractivity contribution in [1.29, 1.82) is 0 Å². The number of nitrogens with zero attached hydrogens (tertiary/aromatic N) is 1. The van der Waals surface area contributed by atoms with Gasteiger partial charge in [0.15, 0.2) is 0 Å². The number of rotatable bonds is 10. The number of aryl methyl sites for hydroxylation is 1. The molecule has 4 rings (SSSR count). The van der Waals surface area contributed by atoms with E-state index in [0.29, 0.717) is 11.8 Å². The highest BCUT2D eigenvalue weighted by Crippen LogP contribution is 2.40. The molecule has 1 aromatic heterocycles. The van der Waals surface area contributed by atoms with Crippen LogP contribution in [0.5, 0.6) is 0 Å². The van der Waals surface area contributed by atoms with Crippen molar-refractivity contribution < 1.29 is 9.90 Å². The summed E-state index contributed by atoms with van der Waals surface area (Å²) < 4.78 is 5.29. The molecule has 0 radical (unpaired) electrons. The third kappa shape index (κ3) is 7.58. The molecule has 40 heavy (non-hydrogen) atoms. The molecule has 1 heterocycles. The highest BCUT2D eigenvalue weighted by Gasteiger charge is 2.25. The van der Waals surface area contributed by atoms with Crippen LogP contribution in [0.2, 0.25) is 0 Å². The van der Waals surface area contributed by atoms with Crippen LogP contribution in [0.3, 0.4) is 0 Å². The summed E-state index contributed by atoms with van der Waals surface area (Å²) in [7, 11) is -1.10. The van der Waals surface area contributed by atoms with Crippen LogP contribution in [0.4, 0.5) is 0 Å². The zero-order valence-electron chi connectivity index (χ0n) is 25.0. The minimum Gasteiger partial charge on any atom is -0.386 e. The van der Waals surface area contributed by atoms with Crippen LogP contribution in [0.15, 0.2) is 57.1 Å². The summed E-state index contributed by atoms with van der Waals surface area (Å²) in [5.74, 6) is 1.32. The second-order valence-electron chi connectivity index (χ2n) is 12.5. The van der Waals surface area contributed by atoms with Crippen molar-refractivity contribution in [3.05, 3.63) is 76.3 Å². The van der Waals surface area contributed by atoms with E-state index in [1.54, 1.807) is 13.8 Å². The Hall–Kier alpha value is -2.12. The molecule has 0 bridgehead atoms. The lowest BCUT2D eigenvalue weighted by molar-refractivity contribution is -0.117. The first-order valence-electron chi connectivity index (χ1n) is 14.7. The van der Waals surface area contributed by atoms with Crippen molar-refractivity contribution >= 4 is 28.1 Å². The van der Waals surface area contributed by atoms with Crippen molar-refractivity contribution in [1.82, 2.24) is 0 Å². The van der Waals surface area contributed by atoms with Gasteiger partial charge in [-0.15, -0.1) is 11.3 Å². The van der Waals surface area contributed by atoms with Gasteiger partial charge in [0.05, 0.1) is 16.2 Å². The van der Waals surface area contributed by atoms with Gasteiger partial charge in [0.1, 0.15) is 0 Å². The van der Waals surface area contributed by atoms with Crippen molar-refractivity contribution in [2.24, 2.45) is 15.4 Å². The highest BCUT2D eigenvalue weighted by molar-refractivity contribution is 7.87. The van der Waals surface area contributed by atoms with Crippen LogP contribution in [0, 0.1) is 5.92 Å². The van der Waals surface area contributed by atoms with Crippen molar-refractivity contribution in [3.63, 3.8) is 0 Å². The van der Waals surface area contributed by atoms with Gasteiger partial charge in [-0.3, -0.25) is 9.93 Å². The minimum atomic E-state index is -1.10. The quantitative estimate of drug-likeness (QED) is 0.252. The molecule has 1 aliphatic rings. The Labute approximate surface area is 247 Å². The number of nitrogens with two attached hydrogens (primary N) is 1. The normalized spacial score (nSPS) is 15.4. The fraction of sp³-hybridized carbons (Fsp3) is 0.500. The van der Waals surface area contributed by atoms with E-state index < -0.39 is 16.5 Å². The molecule has 1 atom stereocenters. The van der Waals surface area contributed by atoms with E-state index >= 15 is 0 Å². The summed E-state index contributed by atoms with van der Waals surface area (Å²) >= 11 is 1.51. The molecular formula is C34H46N2O2S2. The van der Waals surface area contributed by atoms with Crippen LogP contribution in [-0.2, 0) is 34.1 Å². The lowest BCUT2D eigenvalue weighted by Gasteiger charge is -2.21. The Morgan fingerprint density at radius 2 is 1.65 bits per heavy atom. The number of amides is 1. The first-order chi connectivity index (χ1) is 18.9. The predicted molar refractivity (Wildman–Crippen MR) is 171 cm³/mol. The zero-order chi connectivity index (χ0) is 29.0. The lowest BCUT2D eigenvalue weighted by atomic mass is 9.84. The predicted octanol–water partition coefficient (Wildman–Crippen LogP) is 8.82. The molecular weight excluding hydrogens is 533 g/mol. The Balaban J connectivity index is 1.62. The van der Waals surface area contributed by atoms with Gasteiger partial charge in [-0.25, -0.2) is 0 Å². The molecule has 1 amide bonds. The van der Waals surface area contributed by atoms with Crippen LogP contribution >= 0.6 is 11.3 Å². The average molecular weight is 579 g/mol. The van der Waals surface area contributed by atoms with Crippen molar-refractivity contribution in [2.45, 2.75) is 108 Å². The average Bonchev–Trinajstić information content (AvgIpc) is 3.58. The van der Waals surface area contributed by atoms with Gasteiger partial charge in [-0.05, 0) is 78.3 Å². The third-order valence-corrected chi connectivity index (χ3v) is 10.7. The summed E-state index contributed by atoms with van der Waals surface area (Å²) in [5.41, 5.74) is 5.84. The molecule has 2 aromatic carbocycles. The summed E-state index contributed by atoms with van der Waals surface area (Å²) in [6, 6.07) is 16.6. The Morgan fingerprint density at radius 1 is 1.05 bits per heavy atom. The minimum absolute atomic E-state index is 0.187. The number of thiophene rings is 1. The van der Waals surface area contributed by atoms with E-state index in [0.717, 1.165) is 38.1 Å². The van der Waals surface area contributed by atoms with Crippen LogP contribution in [-0.4, -0.2) is 11.0 Å². The maximum absolute atomic E-state index is 13.4. The Bertz CT molecular complexity index is 1320. The molecule has 1 fully saturated rings. The summed E-state index contributed by atoms with van der Waals surface area (Å²) in [6.07, 6.45) is 8.14. The van der Waals surface area contributed by atoms with Crippen LogP contribution < -0.4 is 5.14 Å². The van der Waals surface area contributed by atoms with E-state index in [1.807, 2.05) is 36.4 Å². The maximum atomic E-state index is 13.4. The zero-order valence-corrected chi connectivity index (χ0v) is 26.6. The van der Waals surface area contributed by atoms with E-state index in [9.17, 15) is 9.90 Å². The molecule has 4 nitrogen and oxygen atoms in total. The molecule has 1 aliphatic carbocycles. The molecule has 0 saturated heterocycles. The number of carbonyl (C=O) groups excluding carboxylic acids is 1. The summed E-state index contributed by atoms with van der Waals surface area (Å²) in [6.45, 7) is 12.4. The Kier molecular flexibility index (Phi) is 10.2. The van der Waals surface area contributed by atoms with Gasteiger partial charge in [0.25, 0.3) is 5.91 Å². The molecule has 216 valence electrons. The molecule has 1 saturated carbocycles. The SMILES string of the molecule is CC(C)c1cc(CCC2CCCC2)cc(C(C)C)c1CC(=O)N=S(N)c1cc(C(C)(C)O)c(-c2ccccc2)s1. The first kappa shape index (κ1) is 30.8. The standard InChI is InChI=1S/C34H46N2O2S2/c1-22(2)27-18-25(17-16-24-12-10-11-13-24)19-28(23(3)4)29(27)20-31(37)36-40(35)32-21-30(34(5,6)38)33(39-32)26-14-8-7-9-15-26/h7-9,14-15,18-19,21-24,38H,10-13,16-17,20H2,1-6H3,(H2,35,36,37). The Morgan fingerprint density at radius 3 is 2.20 bits per heavy atom. The number of benzene rings is 2. The van der Waals surface area contributed by atoms with Gasteiger partial charge in [0, 0.05) is 21.3 Å².